The molecule has 0 saturated carbocycles. The van der Waals surface area contributed by atoms with Crippen molar-refractivity contribution in [2.45, 2.75) is 24.0 Å². The predicted molar refractivity (Wildman–Crippen MR) is 110 cm³/mol. The molecule has 0 spiro atoms. The van der Waals surface area contributed by atoms with Crippen molar-refractivity contribution in [2.24, 2.45) is 0 Å². The molecule has 0 bridgehead atoms. The molecule has 0 radical (unpaired) electrons. The first-order valence-corrected chi connectivity index (χ1v) is 10.7. The van der Waals surface area contributed by atoms with Crippen molar-refractivity contribution in [1.29, 1.82) is 0 Å². The van der Waals surface area contributed by atoms with Crippen LogP contribution in [0.15, 0.2) is 40.4 Å². The maximum atomic E-state index is 14.1. The number of carboxylic acid groups (broad SMARTS) is 1. The molecule has 1 aliphatic rings. The lowest BCUT2D eigenvalue weighted by Gasteiger charge is -2.32. The summed E-state index contributed by atoms with van der Waals surface area (Å²) in [7, 11) is 0. The second-order valence-corrected chi connectivity index (χ2v) is 7.79. The first-order chi connectivity index (χ1) is 14.9. The van der Waals surface area contributed by atoms with Gasteiger partial charge in [0.1, 0.15) is 11.5 Å². The minimum Gasteiger partial charge on any atom is -0.465 e. The molecular weight excluding hydrogens is 430 g/mol. The molecule has 1 aliphatic heterocycles. The van der Waals surface area contributed by atoms with E-state index < -0.39 is 29.3 Å². The monoisotopic (exact) mass is 448 g/mol. The molecule has 162 valence electrons. The number of benzene rings is 1. The molecule has 1 atom stereocenters. The Morgan fingerprint density at radius 2 is 2.10 bits per heavy atom. The first kappa shape index (κ1) is 21.0. The van der Waals surface area contributed by atoms with Crippen molar-refractivity contribution < 1.29 is 23.4 Å². The van der Waals surface area contributed by atoms with Crippen LogP contribution in [0.1, 0.15) is 18.9 Å². The third-order valence-electron chi connectivity index (χ3n) is 5.05. The van der Waals surface area contributed by atoms with Gasteiger partial charge in [0.2, 0.25) is 0 Å². The van der Waals surface area contributed by atoms with E-state index in [1.165, 1.54) is 33.5 Å². The van der Waals surface area contributed by atoms with E-state index in [-0.39, 0.29) is 18.0 Å². The average Bonchev–Trinajstić information content (AvgIpc) is 2.76. The van der Waals surface area contributed by atoms with Crippen LogP contribution in [0.5, 0.6) is 11.5 Å². The molecule has 1 amide bonds. The summed E-state index contributed by atoms with van der Waals surface area (Å²) >= 11 is 1.30. The quantitative estimate of drug-likeness (QED) is 0.478. The largest absolute Gasteiger partial charge is 0.465 e. The first-order valence-electron chi connectivity index (χ1n) is 9.44. The maximum absolute atomic E-state index is 14.1. The summed E-state index contributed by atoms with van der Waals surface area (Å²) in [4.78, 5) is 34.7. The predicted octanol–water partition coefficient (Wildman–Crippen LogP) is 3.90. The number of likely N-dealkylation sites (tertiary alicyclic amines) is 1. The molecule has 1 saturated heterocycles. The highest BCUT2D eigenvalue weighted by molar-refractivity contribution is 7.98. The van der Waals surface area contributed by atoms with Crippen molar-refractivity contribution in [2.75, 3.05) is 19.3 Å². The number of hydrogen-bond donors (Lipinski definition) is 1. The molecule has 1 fully saturated rings. The van der Waals surface area contributed by atoms with Crippen LogP contribution < -0.4 is 10.3 Å². The van der Waals surface area contributed by atoms with Gasteiger partial charge in [0.15, 0.2) is 22.5 Å². The topological polar surface area (TPSA) is 97.6 Å². The molecule has 1 aromatic carbocycles. The highest BCUT2D eigenvalue weighted by Crippen LogP contribution is 2.29. The van der Waals surface area contributed by atoms with E-state index in [4.69, 9.17) is 4.74 Å². The average molecular weight is 448 g/mol. The SMILES string of the molecule is CSc1ncc2cc(Oc3ccc(F)cc3F)c(=O)n([C@@H]3CCCN(C(=O)O)C3)c2n1. The van der Waals surface area contributed by atoms with E-state index in [9.17, 15) is 23.5 Å². The van der Waals surface area contributed by atoms with Crippen LogP contribution in [0.4, 0.5) is 13.6 Å². The lowest BCUT2D eigenvalue weighted by Crippen LogP contribution is -2.42. The molecule has 8 nitrogen and oxygen atoms in total. The summed E-state index contributed by atoms with van der Waals surface area (Å²) in [6.07, 6.45) is 3.39. The van der Waals surface area contributed by atoms with Crippen LogP contribution in [0.25, 0.3) is 11.0 Å². The Hall–Kier alpha value is -3.21. The number of aromatic nitrogens is 3. The van der Waals surface area contributed by atoms with E-state index in [0.717, 1.165) is 12.1 Å². The second kappa shape index (κ2) is 8.50. The number of amides is 1. The van der Waals surface area contributed by atoms with Crippen molar-refractivity contribution in [3.05, 3.63) is 52.5 Å². The standard InChI is InChI=1S/C20H18F2N4O4S/c1-31-19-23-9-11-7-16(30-15-5-4-12(21)8-14(15)22)18(27)26(17(11)24-19)13-3-2-6-25(10-13)20(28)29/h4-5,7-9,13H,2-3,6,10H2,1H3,(H,28,29)/t13-/m1/s1. The van der Waals surface area contributed by atoms with Gasteiger partial charge in [-0.2, -0.15) is 0 Å². The van der Waals surface area contributed by atoms with E-state index in [1.54, 1.807) is 6.26 Å². The molecule has 3 heterocycles. The van der Waals surface area contributed by atoms with E-state index >= 15 is 0 Å². The van der Waals surface area contributed by atoms with Gasteiger partial charge < -0.3 is 14.7 Å². The van der Waals surface area contributed by atoms with Crippen LogP contribution >= 0.6 is 11.8 Å². The lowest BCUT2D eigenvalue weighted by atomic mass is 10.1. The van der Waals surface area contributed by atoms with Gasteiger partial charge in [0.25, 0.3) is 5.56 Å². The molecule has 3 aromatic rings. The molecule has 0 aliphatic carbocycles. The summed E-state index contributed by atoms with van der Waals surface area (Å²) in [6.45, 7) is 0.484. The number of pyridine rings is 1. The molecule has 4 rings (SSSR count). The van der Waals surface area contributed by atoms with Crippen molar-refractivity contribution in [3.8, 4) is 11.5 Å². The molecule has 1 N–H and O–H groups in total. The van der Waals surface area contributed by atoms with Gasteiger partial charge in [-0.1, -0.05) is 11.8 Å². The summed E-state index contributed by atoms with van der Waals surface area (Å²) in [5, 5.41) is 10.3. The third kappa shape index (κ3) is 4.18. The van der Waals surface area contributed by atoms with Gasteiger partial charge in [-0.15, -0.1) is 0 Å². The van der Waals surface area contributed by atoms with Crippen molar-refractivity contribution >= 4 is 28.9 Å². The van der Waals surface area contributed by atoms with E-state index in [1.807, 2.05) is 0 Å². The zero-order valence-electron chi connectivity index (χ0n) is 16.4. The Morgan fingerprint density at radius 1 is 1.29 bits per heavy atom. The van der Waals surface area contributed by atoms with Crippen molar-refractivity contribution in [3.63, 3.8) is 0 Å². The van der Waals surface area contributed by atoms with Crippen molar-refractivity contribution in [1.82, 2.24) is 19.4 Å². The fourth-order valence-corrected chi connectivity index (χ4v) is 3.94. The Morgan fingerprint density at radius 3 is 2.81 bits per heavy atom. The smallest absolute Gasteiger partial charge is 0.407 e. The Balaban J connectivity index is 1.86. The van der Waals surface area contributed by atoms with E-state index in [0.29, 0.717) is 41.6 Å². The fraction of sp³-hybridized carbons (Fsp3) is 0.300. The zero-order chi connectivity index (χ0) is 22.1. The van der Waals surface area contributed by atoms with Gasteiger partial charge in [-0.3, -0.25) is 9.36 Å². The number of halogens is 2. The van der Waals surface area contributed by atoms with Gasteiger partial charge >= 0.3 is 6.09 Å². The molecular formula is C20H18F2N4O4S. The Labute approximate surface area is 179 Å². The van der Waals surface area contributed by atoms with Crippen LogP contribution in [0.2, 0.25) is 0 Å². The fourth-order valence-electron chi connectivity index (χ4n) is 3.61. The number of piperidine rings is 1. The van der Waals surface area contributed by atoms with Gasteiger partial charge in [0.05, 0.1) is 6.04 Å². The summed E-state index contributed by atoms with van der Waals surface area (Å²) in [5.41, 5.74) is -0.243. The third-order valence-corrected chi connectivity index (χ3v) is 5.61. The normalized spacial score (nSPS) is 16.5. The van der Waals surface area contributed by atoms with Gasteiger partial charge in [-0.25, -0.2) is 23.5 Å². The Bertz CT molecular complexity index is 1220. The summed E-state index contributed by atoms with van der Waals surface area (Å²) in [6, 6.07) is 3.70. The molecule has 11 heteroatoms. The minimum absolute atomic E-state index is 0.108. The van der Waals surface area contributed by atoms with Crippen LogP contribution in [0, 0.1) is 11.6 Å². The number of thioether (sulfide) groups is 1. The van der Waals surface area contributed by atoms with Crippen LogP contribution in [0.3, 0.4) is 0 Å². The number of carbonyl (C=O) groups is 1. The Kier molecular flexibility index (Phi) is 5.77. The maximum Gasteiger partial charge on any atom is 0.407 e. The summed E-state index contributed by atoms with van der Waals surface area (Å²) in [5.74, 6) is -2.21. The second-order valence-electron chi connectivity index (χ2n) is 7.02. The van der Waals surface area contributed by atoms with E-state index in [2.05, 4.69) is 9.97 Å². The lowest BCUT2D eigenvalue weighted by molar-refractivity contribution is 0.121. The highest BCUT2D eigenvalue weighted by Gasteiger charge is 2.28. The molecule has 31 heavy (non-hydrogen) atoms. The number of ether oxygens (including phenoxy) is 1. The summed E-state index contributed by atoms with van der Waals surface area (Å²) < 4.78 is 34.2. The number of rotatable bonds is 4. The minimum atomic E-state index is -1.07. The van der Waals surface area contributed by atoms with Crippen LogP contribution in [-0.2, 0) is 0 Å². The number of hydrogen-bond acceptors (Lipinski definition) is 6. The van der Waals surface area contributed by atoms with Crippen LogP contribution in [-0.4, -0.2) is 50.0 Å². The molecule has 0 unspecified atom stereocenters. The number of nitrogens with zero attached hydrogens (tertiary/aromatic N) is 4. The highest BCUT2D eigenvalue weighted by atomic mass is 32.2. The van der Waals surface area contributed by atoms with Gasteiger partial charge in [-0.05, 0) is 37.3 Å². The van der Waals surface area contributed by atoms with Gasteiger partial charge in [0, 0.05) is 30.7 Å². The molecule has 2 aromatic heterocycles. The zero-order valence-corrected chi connectivity index (χ0v) is 17.2. The number of fused-ring (bicyclic) bond motifs is 1.